The molecule has 0 aromatic heterocycles. The maximum atomic E-state index is 10.6. The van der Waals surface area contributed by atoms with Crippen LogP contribution < -0.4 is 0 Å². The van der Waals surface area contributed by atoms with E-state index >= 15 is 0 Å². The van der Waals surface area contributed by atoms with E-state index in [0.717, 1.165) is 25.3 Å². The van der Waals surface area contributed by atoms with Gasteiger partial charge in [0, 0.05) is 6.08 Å². The van der Waals surface area contributed by atoms with Crippen LogP contribution in [0.1, 0.15) is 46.5 Å². The van der Waals surface area contributed by atoms with Crippen molar-refractivity contribution in [3.63, 3.8) is 0 Å². The van der Waals surface area contributed by atoms with Crippen molar-refractivity contribution in [2.24, 2.45) is 11.3 Å². The normalized spacial score (nSPS) is 25.9. The van der Waals surface area contributed by atoms with Crippen molar-refractivity contribution in [1.82, 2.24) is 0 Å². The second kappa shape index (κ2) is 5.70. The summed E-state index contributed by atoms with van der Waals surface area (Å²) < 4.78 is 0. The highest BCUT2D eigenvalue weighted by atomic mass is 16.4. The van der Waals surface area contributed by atoms with Crippen LogP contribution in [-0.2, 0) is 4.79 Å². The highest BCUT2D eigenvalue weighted by Gasteiger charge is 2.35. The van der Waals surface area contributed by atoms with Gasteiger partial charge in [-0.05, 0) is 49.5 Å². The van der Waals surface area contributed by atoms with E-state index in [-0.39, 0.29) is 11.3 Å². The van der Waals surface area contributed by atoms with Gasteiger partial charge in [0.15, 0.2) is 0 Å². The van der Waals surface area contributed by atoms with Gasteiger partial charge >= 0.3 is 5.97 Å². The molecule has 1 fully saturated rings. The topological polar surface area (TPSA) is 57.5 Å². The molecule has 102 valence electrons. The van der Waals surface area contributed by atoms with E-state index in [1.807, 2.05) is 0 Å². The highest BCUT2D eigenvalue weighted by Crippen LogP contribution is 2.45. The Labute approximate surface area is 109 Å². The van der Waals surface area contributed by atoms with Crippen LogP contribution in [0, 0.1) is 11.3 Å². The van der Waals surface area contributed by atoms with E-state index in [1.165, 1.54) is 5.57 Å². The van der Waals surface area contributed by atoms with E-state index in [2.05, 4.69) is 20.4 Å². The molecule has 1 rings (SSSR count). The van der Waals surface area contributed by atoms with Gasteiger partial charge in [-0.25, -0.2) is 4.79 Å². The van der Waals surface area contributed by atoms with E-state index < -0.39 is 12.1 Å². The van der Waals surface area contributed by atoms with E-state index in [9.17, 15) is 9.90 Å². The lowest BCUT2D eigenvalue weighted by Gasteiger charge is -2.41. The predicted octanol–water partition coefficient (Wildman–Crippen LogP) is 3.15. The molecule has 3 nitrogen and oxygen atoms in total. The quantitative estimate of drug-likeness (QED) is 0.597. The summed E-state index contributed by atoms with van der Waals surface area (Å²) in [5, 5.41) is 18.8. The minimum atomic E-state index is -1.01. The van der Waals surface area contributed by atoms with Gasteiger partial charge in [0.2, 0.25) is 0 Å². The number of aliphatic hydroxyl groups is 1. The smallest absolute Gasteiger partial charge is 0.328 e. The van der Waals surface area contributed by atoms with E-state index in [0.29, 0.717) is 12.0 Å². The lowest BCUT2D eigenvalue weighted by molar-refractivity contribution is -0.131. The molecule has 3 heteroatoms. The van der Waals surface area contributed by atoms with Crippen LogP contribution in [0.15, 0.2) is 23.8 Å². The molecule has 0 heterocycles. The van der Waals surface area contributed by atoms with Gasteiger partial charge in [-0.15, -0.1) is 0 Å². The zero-order valence-electron chi connectivity index (χ0n) is 11.6. The first-order chi connectivity index (χ1) is 8.24. The highest BCUT2D eigenvalue weighted by molar-refractivity contribution is 5.80. The number of carboxylic acids is 1. The second-order valence-electron chi connectivity index (χ2n) is 6.03. The molecule has 0 bridgehead atoms. The molecule has 18 heavy (non-hydrogen) atoms. The van der Waals surface area contributed by atoms with Gasteiger partial charge in [0.25, 0.3) is 0 Å². The largest absolute Gasteiger partial charge is 0.478 e. The van der Waals surface area contributed by atoms with Crippen LogP contribution in [0.5, 0.6) is 0 Å². The van der Waals surface area contributed by atoms with Crippen LogP contribution in [0.2, 0.25) is 0 Å². The molecule has 0 aliphatic heterocycles. The Bertz CT molecular complexity index is 366. The Morgan fingerprint density at radius 1 is 1.61 bits per heavy atom. The van der Waals surface area contributed by atoms with Crippen molar-refractivity contribution < 1.29 is 15.0 Å². The summed E-state index contributed by atoms with van der Waals surface area (Å²) in [7, 11) is 0. The molecule has 0 saturated heterocycles. The molecule has 2 atom stereocenters. The molecular formula is C15H24O3. The molecule has 0 spiro atoms. The first-order valence-electron chi connectivity index (χ1n) is 6.51. The van der Waals surface area contributed by atoms with Crippen molar-refractivity contribution in [2.45, 2.75) is 52.6 Å². The van der Waals surface area contributed by atoms with Crippen LogP contribution in [-0.4, -0.2) is 22.3 Å². The Hall–Kier alpha value is -1.09. The SMILES string of the molecule is C=C1CCCC(C)(C)[C@H]1C[C@H](O)/C(C)=C/C(=O)O. The molecule has 1 aliphatic carbocycles. The number of carboxylic acid groups (broad SMARTS) is 1. The summed E-state index contributed by atoms with van der Waals surface area (Å²) in [6.45, 7) is 10.2. The third-order valence-corrected chi connectivity index (χ3v) is 4.09. The predicted molar refractivity (Wildman–Crippen MR) is 72.3 cm³/mol. The van der Waals surface area contributed by atoms with Gasteiger partial charge in [-0.3, -0.25) is 0 Å². The fourth-order valence-corrected chi connectivity index (χ4v) is 2.86. The van der Waals surface area contributed by atoms with Crippen LogP contribution in [0.3, 0.4) is 0 Å². The molecule has 2 N–H and O–H groups in total. The maximum absolute atomic E-state index is 10.6. The molecule has 1 saturated carbocycles. The molecule has 0 unspecified atom stereocenters. The zero-order valence-corrected chi connectivity index (χ0v) is 11.6. The Morgan fingerprint density at radius 3 is 2.72 bits per heavy atom. The summed E-state index contributed by atoms with van der Waals surface area (Å²) in [6.07, 6.45) is 4.26. The van der Waals surface area contributed by atoms with Crippen molar-refractivity contribution >= 4 is 5.97 Å². The van der Waals surface area contributed by atoms with Gasteiger partial charge < -0.3 is 10.2 Å². The van der Waals surface area contributed by atoms with Gasteiger partial charge in [-0.1, -0.05) is 26.0 Å². The first-order valence-corrected chi connectivity index (χ1v) is 6.51. The van der Waals surface area contributed by atoms with Crippen molar-refractivity contribution in [1.29, 1.82) is 0 Å². The second-order valence-corrected chi connectivity index (χ2v) is 6.03. The summed E-state index contributed by atoms with van der Waals surface area (Å²) in [6, 6.07) is 0. The van der Waals surface area contributed by atoms with Gasteiger partial charge in [0.05, 0.1) is 6.10 Å². The monoisotopic (exact) mass is 252 g/mol. The number of aliphatic carboxylic acids is 1. The van der Waals surface area contributed by atoms with Crippen LogP contribution in [0.25, 0.3) is 0 Å². The fourth-order valence-electron chi connectivity index (χ4n) is 2.86. The lowest BCUT2D eigenvalue weighted by atomic mass is 9.64. The molecule has 0 radical (unpaired) electrons. The average Bonchev–Trinajstić information content (AvgIpc) is 2.22. The van der Waals surface area contributed by atoms with Crippen molar-refractivity contribution in [3.05, 3.63) is 23.8 Å². The first kappa shape index (κ1) is 15.0. The zero-order chi connectivity index (χ0) is 13.9. The Balaban J connectivity index is 2.76. The summed E-state index contributed by atoms with van der Waals surface area (Å²) in [5.74, 6) is -0.744. The summed E-state index contributed by atoms with van der Waals surface area (Å²) in [4.78, 5) is 10.6. The molecule has 1 aliphatic rings. The molecule has 0 aromatic rings. The summed E-state index contributed by atoms with van der Waals surface area (Å²) in [5.41, 5.74) is 1.84. The van der Waals surface area contributed by atoms with Gasteiger partial charge in [0.1, 0.15) is 0 Å². The van der Waals surface area contributed by atoms with E-state index in [4.69, 9.17) is 5.11 Å². The third-order valence-electron chi connectivity index (χ3n) is 4.09. The van der Waals surface area contributed by atoms with Gasteiger partial charge in [-0.2, -0.15) is 0 Å². The maximum Gasteiger partial charge on any atom is 0.328 e. The van der Waals surface area contributed by atoms with Crippen molar-refractivity contribution in [2.75, 3.05) is 0 Å². The van der Waals surface area contributed by atoms with Crippen LogP contribution >= 0.6 is 0 Å². The molecule has 0 aromatic carbocycles. The number of rotatable bonds is 4. The minimum absolute atomic E-state index is 0.139. The number of allylic oxidation sites excluding steroid dienone is 1. The molecular weight excluding hydrogens is 228 g/mol. The number of hydrogen-bond acceptors (Lipinski definition) is 2. The average molecular weight is 252 g/mol. The Kier molecular flexibility index (Phi) is 4.74. The Morgan fingerprint density at radius 2 is 2.22 bits per heavy atom. The minimum Gasteiger partial charge on any atom is -0.478 e. The fraction of sp³-hybridized carbons (Fsp3) is 0.667. The molecule has 0 amide bonds. The summed E-state index contributed by atoms with van der Waals surface area (Å²) >= 11 is 0. The van der Waals surface area contributed by atoms with E-state index in [1.54, 1.807) is 6.92 Å². The third kappa shape index (κ3) is 3.70. The standard InChI is InChI=1S/C15H24O3/c1-10-6-5-7-15(3,4)12(10)9-13(16)11(2)8-14(17)18/h8,12-13,16H,1,5-7,9H2,2-4H3,(H,17,18)/b11-8+/t12-,13-/m0/s1. The lowest BCUT2D eigenvalue weighted by Crippen LogP contribution is -2.32. The van der Waals surface area contributed by atoms with Crippen LogP contribution in [0.4, 0.5) is 0 Å². The van der Waals surface area contributed by atoms with Crippen molar-refractivity contribution in [3.8, 4) is 0 Å². The number of carbonyl (C=O) groups is 1. The number of aliphatic hydroxyl groups excluding tert-OH is 1. The number of hydrogen-bond donors (Lipinski definition) is 2.